The highest BCUT2D eigenvalue weighted by Crippen LogP contribution is 2.37. The molecule has 2 aromatic carbocycles. The lowest BCUT2D eigenvalue weighted by molar-refractivity contribution is -0.126. The minimum absolute atomic E-state index is 0.0865. The van der Waals surface area contributed by atoms with Gasteiger partial charge in [-0.05, 0) is 48.9 Å². The molecule has 174 valence electrons. The maximum Gasteiger partial charge on any atom is 0.231 e. The molecular formula is C26H25N3O5. The number of carbonyl (C=O) groups excluding carboxylic acids is 2. The Bertz CT molecular complexity index is 1200. The molecule has 2 amide bonds. The topological polar surface area (TPSA) is 90.0 Å². The molecule has 1 aromatic heterocycles. The molecule has 3 aromatic rings. The van der Waals surface area contributed by atoms with Crippen LogP contribution in [-0.2, 0) is 16.2 Å². The van der Waals surface area contributed by atoms with Crippen LogP contribution in [-0.4, -0.2) is 30.1 Å². The summed E-state index contributed by atoms with van der Waals surface area (Å²) in [7, 11) is 0. The van der Waals surface area contributed by atoms with Gasteiger partial charge in [-0.15, -0.1) is 0 Å². The number of anilines is 1. The van der Waals surface area contributed by atoms with Gasteiger partial charge in [-0.25, -0.2) is 0 Å². The zero-order valence-corrected chi connectivity index (χ0v) is 18.8. The number of benzene rings is 2. The number of pyridine rings is 1. The summed E-state index contributed by atoms with van der Waals surface area (Å²) in [5.74, 6) is 1.31. The van der Waals surface area contributed by atoms with E-state index in [1.54, 1.807) is 23.2 Å². The molecule has 2 aliphatic heterocycles. The molecule has 2 atom stereocenters. The maximum absolute atomic E-state index is 13.0. The van der Waals surface area contributed by atoms with E-state index in [0.29, 0.717) is 36.1 Å². The van der Waals surface area contributed by atoms with Crippen molar-refractivity contribution in [1.29, 1.82) is 0 Å². The van der Waals surface area contributed by atoms with Crippen molar-refractivity contribution in [3.05, 3.63) is 78.1 Å². The lowest BCUT2D eigenvalue weighted by atomic mass is 10.0. The molecule has 5 rings (SSSR count). The van der Waals surface area contributed by atoms with Gasteiger partial charge in [0.05, 0.1) is 17.7 Å². The molecule has 0 spiro atoms. The van der Waals surface area contributed by atoms with E-state index in [1.807, 2.05) is 55.5 Å². The van der Waals surface area contributed by atoms with Crippen molar-refractivity contribution in [2.24, 2.45) is 5.92 Å². The van der Waals surface area contributed by atoms with Gasteiger partial charge in [0.15, 0.2) is 11.5 Å². The fourth-order valence-electron chi connectivity index (χ4n) is 4.11. The molecule has 0 aliphatic carbocycles. The summed E-state index contributed by atoms with van der Waals surface area (Å²) in [5, 5.41) is 3.04. The molecule has 34 heavy (non-hydrogen) atoms. The molecule has 0 bridgehead atoms. The minimum Gasteiger partial charge on any atom is -0.487 e. The third-order valence-electron chi connectivity index (χ3n) is 5.99. The number of hydrogen-bond donors (Lipinski definition) is 1. The summed E-state index contributed by atoms with van der Waals surface area (Å²) in [5.41, 5.74) is 2.46. The summed E-state index contributed by atoms with van der Waals surface area (Å²) >= 11 is 0. The van der Waals surface area contributed by atoms with Crippen LogP contribution >= 0.6 is 0 Å². The van der Waals surface area contributed by atoms with Gasteiger partial charge in [0.1, 0.15) is 12.4 Å². The normalized spacial score (nSPS) is 17.5. The Morgan fingerprint density at radius 3 is 2.88 bits per heavy atom. The smallest absolute Gasteiger partial charge is 0.231 e. The number of amides is 2. The molecule has 1 fully saturated rings. The van der Waals surface area contributed by atoms with Gasteiger partial charge in [-0.3, -0.25) is 14.6 Å². The zero-order valence-electron chi connectivity index (χ0n) is 18.8. The van der Waals surface area contributed by atoms with Crippen molar-refractivity contribution in [3.8, 4) is 17.2 Å². The quantitative estimate of drug-likeness (QED) is 0.581. The second-order valence-electron chi connectivity index (χ2n) is 8.36. The maximum atomic E-state index is 13.0. The molecule has 1 N–H and O–H groups in total. The first-order valence-corrected chi connectivity index (χ1v) is 11.2. The van der Waals surface area contributed by atoms with Crippen LogP contribution in [0.15, 0.2) is 66.9 Å². The predicted octanol–water partition coefficient (Wildman–Crippen LogP) is 3.62. The van der Waals surface area contributed by atoms with Crippen LogP contribution in [0.5, 0.6) is 17.2 Å². The fraction of sp³-hybridized carbons (Fsp3) is 0.269. The molecule has 1 saturated heterocycles. The number of fused-ring (bicyclic) bond motifs is 1. The Morgan fingerprint density at radius 2 is 2.03 bits per heavy atom. The number of nitrogens with one attached hydrogen (secondary N) is 1. The van der Waals surface area contributed by atoms with Crippen LogP contribution in [0.4, 0.5) is 5.69 Å². The number of rotatable bonds is 7. The van der Waals surface area contributed by atoms with Crippen LogP contribution < -0.4 is 24.4 Å². The highest BCUT2D eigenvalue weighted by Gasteiger charge is 2.36. The summed E-state index contributed by atoms with van der Waals surface area (Å²) in [4.78, 5) is 31.5. The van der Waals surface area contributed by atoms with Gasteiger partial charge in [0, 0.05) is 30.9 Å². The number of nitrogens with zero attached hydrogens (tertiary/aromatic N) is 2. The van der Waals surface area contributed by atoms with Crippen LogP contribution in [0, 0.1) is 5.92 Å². The summed E-state index contributed by atoms with van der Waals surface area (Å²) < 4.78 is 16.6. The summed E-state index contributed by atoms with van der Waals surface area (Å²) in [6.45, 7) is 2.78. The molecule has 0 radical (unpaired) electrons. The standard InChI is InChI=1S/C26H25N3O5/c1-17(18-5-4-7-22(11-18)32-15-20-6-2-3-10-27-20)28-26(31)19-12-25(30)29(14-19)21-8-9-23-24(13-21)34-16-33-23/h2-11,13,17,19H,12,14-16H2,1H3,(H,28,31). The van der Waals surface area contributed by atoms with Crippen LogP contribution in [0.1, 0.15) is 30.6 Å². The van der Waals surface area contributed by atoms with Crippen molar-refractivity contribution >= 4 is 17.5 Å². The Labute approximate surface area is 197 Å². The van der Waals surface area contributed by atoms with E-state index in [2.05, 4.69) is 10.3 Å². The van der Waals surface area contributed by atoms with Crippen LogP contribution in [0.2, 0.25) is 0 Å². The first-order valence-electron chi connectivity index (χ1n) is 11.2. The highest BCUT2D eigenvalue weighted by atomic mass is 16.7. The molecule has 2 aliphatic rings. The monoisotopic (exact) mass is 459 g/mol. The van der Waals surface area contributed by atoms with Crippen LogP contribution in [0.3, 0.4) is 0 Å². The van der Waals surface area contributed by atoms with E-state index in [9.17, 15) is 9.59 Å². The summed E-state index contributed by atoms with van der Waals surface area (Å²) in [6, 6.07) is 18.4. The molecule has 2 unspecified atom stereocenters. The average Bonchev–Trinajstić information content (AvgIpc) is 3.49. The Kier molecular flexibility index (Phi) is 6.03. The van der Waals surface area contributed by atoms with Crippen molar-refractivity contribution in [2.45, 2.75) is 26.0 Å². The van der Waals surface area contributed by atoms with E-state index in [1.165, 1.54) is 0 Å². The van der Waals surface area contributed by atoms with Gasteiger partial charge in [-0.2, -0.15) is 0 Å². The molecule has 0 saturated carbocycles. The van der Waals surface area contributed by atoms with E-state index in [0.717, 1.165) is 11.3 Å². The van der Waals surface area contributed by atoms with Gasteiger partial charge < -0.3 is 24.4 Å². The van der Waals surface area contributed by atoms with Gasteiger partial charge in [-0.1, -0.05) is 18.2 Å². The van der Waals surface area contributed by atoms with Crippen molar-refractivity contribution in [2.75, 3.05) is 18.2 Å². The minimum atomic E-state index is -0.427. The Morgan fingerprint density at radius 1 is 1.15 bits per heavy atom. The number of aromatic nitrogens is 1. The third kappa shape index (κ3) is 4.66. The first-order chi connectivity index (χ1) is 16.6. The SMILES string of the molecule is CC(NC(=O)C1CC(=O)N(c2ccc3c(c2)OCO3)C1)c1cccc(OCc2ccccn2)c1. The largest absolute Gasteiger partial charge is 0.487 e. The second kappa shape index (κ2) is 9.43. The lowest BCUT2D eigenvalue weighted by Gasteiger charge is -2.19. The first kappa shape index (κ1) is 21.8. The van der Waals surface area contributed by atoms with Gasteiger partial charge in [0.2, 0.25) is 18.6 Å². The van der Waals surface area contributed by atoms with E-state index in [-0.39, 0.29) is 31.1 Å². The molecule has 3 heterocycles. The number of hydrogen-bond acceptors (Lipinski definition) is 6. The average molecular weight is 460 g/mol. The highest BCUT2D eigenvalue weighted by molar-refractivity contribution is 6.00. The Balaban J connectivity index is 1.19. The number of ether oxygens (including phenoxy) is 3. The zero-order chi connectivity index (χ0) is 23.5. The second-order valence-corrected chi connectivity index (χ2v) is 8.36. The van der Waals surface area contributed by atoms with E-state index >= 15 is 0 Å². The lowest BCUT2D eigenvalue weighted by Crippen LogP contribution is -2.34. The number of carbonyl (C=O) groups is 2. The van der Waals surface area contributed by atoms with Crippen LogP contribution in [0.25, 0.3) is 0 Å². The molecule has 8 nitrogen and oxygen atoms in total. The third-order valence-corrected chi connectivity index (χ3v) is 5.99. The summed E-state index contributed by atoms with van der Waals surface area (Å²) in [6.07, 6.45) is 1.90. The molecule has 8 heteroatoms. The fourth-order valence-corrected chi connectivity index (χ4v) is 4.11. The van der Waals surface area contributed by atoms with Crippen molar-refractivity contribution in [1.82, 2.24) is 10.3 Å². The van der Waals surface area contributed by atoms with Crippen molar-refractivity contribution in [3.63, 3.8) is 0 Å². The predicted molar refractivity (Wildman–Crippen MR) is 125 cm³/mol. The van der Waals surface area contributed by atoms with E-state index in [4.69, 9.17) is 14.2 Å². The van der Waals surface area contributed by atoms with Gasteiger partial charge in [0.25, 0.3) is 0 Å². The van der Waals surface area contributed by atoms with E-state index < -0.39 is 5.92 Å². The van der Waals surface area contributed by atoms with Gasteiger partial charge >= 0.3 is 0 Å². The molecular weight excluding hydrogens is 434 g/mol. The Hall–Kier alpha value is -4.07. The van der Waals surface area contributed by atoms with Crippen molar-refractivity contribution < 1.29 is 23.8 Å².